The molecule has 0 bridgehead atoms. The van der Waals surface area contributed by atoms with Gasteiger partial charge in [-0.1, -0.05) is 47.3 Å². The first-order chi connectivity index (χ1) is 15.7. The van der Waals surface area contributed by atoms with Crippen molar-refractivity contribution in [3.63, 3.8) is 0 Å². The van der Waals surface area contributed by atoms with Gasteiger partial charge in [-0.2, -0.15) is 23.3 Å². The number of hydrogen-bond donors (Lipinski definition) is 0. The molecule has 0 saturated heterocycles. The van der Waals surface area contributed by atoms with Crippen LogP contribution < -0.4 is 0 Å². The molecule has 33 heavy (non-hydrogen) atoms. The van der Waals surface area contributed by atoms with E-state index in [1.165, 1.54) is 0 Å². The van der Waals surface area contributed by atoms with Gasteiger partial charge in [-0.25, -0.2) is 0 Å². The Balaban J connectivity index is 0.000000158. The average molecular weight is 616 g/mol. The van der Waals surface area contributed by atoms with Crippen LogP contribution in [0.15, 0.2) is 95.8 Å². The van der Waals surface area contributed by atoms with Crippen LogP contribution in [0.5, 0.6) is 0 Å². The maximum Gasteiger partial charge on any atom is 0.116 e. The Hall–Kier alpha value is -3.67. The molecule has 0 atom stereocenters. The van der Waals surface area contributed by atoms with Gasteiger partial charge in [-0.3, -0.25) is 13.5 Å². The number of aromatic nitrogens is 3. The van der Waals surface area contributed by atoms with Crippen molar-refractivity contribution >= 4 is 21.9 Å². The normalized spacial score (nSPS) is 10.5. The van der Waals surface area contributed by atoms with E-state index in [1.807, 2.05) is 42.6 Å². The Labute approximate surface area is 201 Å². The van der Waals surface area contributed by atoms with Gasteiger partial charge in [0.15, 0.2) is 0 Å². The molecule has 7 heteroatoms. The minimum Gasteiger partial charge on any atom is -0.513 e. The van der Waals surface area contributed by atoms with Crippen LogP contribution in [0, 0.1) is 23.8 Å². The molecule has 3 aromatic heterocycles. The molecule has 0 amide bonds. The third kappa shape index (κ3) is 4.60. The molecule has 0 N–H and O–H groups in total. The summed E-state index contributed by atoms with van der Waals surface area (Å²) in [7, 11) is 0. The third-order valence-electron chi connectivity index (χ3n) is 4.83. The van der Waals surface area contributed by atoms with E-state index >= 15 is 0 Å². The van der Waals surface area contributed by atoms with Gasteiger partial charge in [0.05, 0.1) is 0 Å². The van der Waals surface area contributed by atoms with Crippen LogP contribution in [0.3, 0.4) is 0 Å². The first-order valence-corrected chi connectivity index (χ1v) is 9.81. The van der Waals surface area contributed by atoms with E-state index in [1.54, 1.807) is 35.3 Å². The quantitative estimate of drug-likeness (QED) is 0.212. The van der Waals surface area contributed by atoms with Crippen molar-refractivity contribution in [1.82, 2.24) is 14.8 Å². The number of benzene rings is 3. The molecule has 0 saturated carbocycles. The minimum absolute atomic E-state index is 0. The zero-order valence-electron chi connectivity index (χ0n) is 17.0. The average Bonchev–Trinajstić information content (AvgIpc) is 3.48. The Morgan fingerprint density at radius 2 is 1.73 bits per heavy atom. The monoisotopic (exact) mass is 616 g/mol. The number of nitrogens with zero attached hydrogens (tertiary/aromatic N) is 3. The smallest absolute Gasteiger partial charge is 0.116 e. The van der Waals surface area contributed by atoms with Crippen molar-refractivity contribution in [3.05, 3.63) is 115 Å². The van der Waals surface area contributed by atoms with E-state index in [4.69, 9.17) is 4.42 Å². The van der Waals surface area contributed by atoms with Gasteiger partial charge in [0.1, 0.15) is 5.58 Å². The van der Waals surface area contributed by atoms with Gasteiger partial charge in [-0.05, 0) is 29.6 Å². The van der Waals surface area contributed by atoms with E-state index in [0.717, 1.165) is 39.8 Å². The number of fused-ring (bicyclic) bond motifs is 3. The van der Waals surface area contributed by atoms with Crippen molar-refractivity contribution in [2.45, 2.75) is 0 Å². The summed E-state index contributed by atoms with van der Waals surface area (Å²) in [6.07, 6.45) is 5.18. The van der Waals surface area contributed by atoms with Crippen LogP contribution in [0.2, 0.25) is 0 Å². The Kier molecular flexibility index (Phi) is 6.73. The fourth-order valence-electron chi connectivity index (χ4n) is 3.40. The summed E-state index contributed by atoms with van der Waals surface area (Å²) in [5.41, 5.74) is 3.19. The van der Waals surface area contributed by atoms with Crippen LogP contribution in [0.25, 0.3) is 38.9 Å². The van der Waals surface area contributed by atoms with Crippen molar-refractivity contribution in [2.75, 3.05) is 0 Å². The predicted molar refractivity (Wildman–Crippen MR) is 118 cm³/mol. The summed E-state index contributed by atoms with van der Waals surface area (Å²) >= 11 is 0. The van der Waals surface area contributed by atoms with E-state index in [2.05, 4.69) is 28.3 Å². The van der Waals surface area contributed by atoms with E-state index < -0.39 is 11.6 Å². The molecule has 0 aliphatic heterocycles. The second-order valence-corrected chi connectivity index (χ2v) is 6.87. The number of furan rings is 1. The van der Waals surface area contributed by atoms with Gasteiger partial charge in [0, 0.05) is 61.3 Å². The van der Waals surface area contributed by atoms with Gasteiger partial charge >= 0.3 is 0 Å². The molecule has 6 rings (SSSR count). The molecule has 4 nitrogen and oxygen atoms in total. The Morgan fingerprint density at radius 3 is 2.48 bits per heavy atom. The van der Waals surface area contributed by atoms with Crippen molar-refractivity contribution in [3.8, 4) is 16.9 Å². The number of hydrogen-bond acceptors (Lipinski definition) is 3. The first kappa shape index (κ1) is 22.5. The Morgan fingerprint density at radius 1 is 0.879 bits per heavy atom. The van der Waals surface area contributed by atoms with Crippen molar-refractivity contribution in [1.29, 1.82) is 0 Å². The Bertz CT molecular complexity index is 1500. The molecule has 0 fully saturated rings. The zero-order valence-corrected chi connectivity index (χ0v) is 19.4. The zero-order chi connectivity index (χ0) is 21.9. The van der Waals surface area contributed by atoms with Crippen LogP contribution in [-0.2, 0) is 20.1 Å². The number of rotatable bonds is 2. The summed E-state index contributed by atoms with van der Waals surface area (Å²) in [5.74, 6) is -1.29. The summed E-state index contributed by atoms with van der Waals surface area (Å²) < 4.78 is 33.5. The summed E-state index contributed by atoms with van der Waals surface area (Å²) in [4.78, 5) is 3.95. The largest absolute Gasteiger partial charge is 0.513 e. The maximum absolute atomic E-state index is 13.2. The molecule has 0 unspecified atom stereocenters. The molecule has 0 spiro atoms. The summed E-state index contributed by atoms with van der Waals surface area (Å²) in [5, 5.41) is 6.44. The van der Waals surface area contributed by atoms with Crippen LogP contribution in [0.4, 0.5) is 8.78 Å². The molecule has 3 heterocycles. The van der Waals surface area contributed by atoms with Gasteiger partial charge in [0.2, 0.25) is 0 Å². The van der Waals surface area contributed by atoms with Crippen molar-refractivity contribution in [2.24, 2.45) is 0 Å². The molecular formula is C26H15F2IrN3O-2. The third-order valence-corrected chi connectivity index (χ3v) is 4.83. The fraction of sp³-hybridized carbons (Fsp3) is 0. The predicted octanol–water partition coefficient (Wildman–Crippen LogP) is 6.40. The van der Waals surface area contributed by atoms with E-state index in [-0.39, 0.29) is 25.7 Å². The molecule has 0 aliphatic carbocycles. The molecule has 165 valence electrons. The second-order valence-electron chi connectivity index (χ2n) is 6.87. The van der Waals surface area contributed by atoms with Crippen molar-refractivity contribution < 1.29 is 33.3 Å². The molecule has 6 aromatic rings. The molecule has 1 radical (unpaired) electrons. The summed E-state index contributed by atoms with van der Waals surface area (Å²) in [6.45, 7) is 0. The van der Waals surface area contributed by atoms with Gasteiger partial charge in [-0.15, -0.1) is 12.1 Å². The van der Waals surface area contributed by atoms with E-state index in [9.17, 15) is 8.78 Å². The molecule has 3 aromatic carbocycles. The molecular weight excluding hydrogens is 601 g/mol. The molecule has 0 aliphatic rings. The summed E-state index contributed by atoms with van der Waals surface area (Å²) in [6, 6.07) is 26.5. The number of halogens is 2. The van der Waals surface area contributed by atoms with Crippen LogP contribution in [0.1, 0.15) is 0 Å². The minimum atomic E-state index is -0.649. The SMILES string of the molecule is Fc1c[c-]c(-c2ccccn2)c(F)c1.[Ir].[c-]1ccc2c(oc3ccccc32)c1-n1cccn1. The van der Waals surface area contributed by atoms with Gasteiger partial charge < -0.3 is 9.40 Å². The standard InChI is InChI=1S/C15H9N2O.C11H6F2N.Ir/c1-2-8-14-11(5-1)12-6-3-7-13(15(12)18-14)17-10-4-9-16-17;12-8-4-5-9(10(13)7-8)11-3-1-2-6-14-11;/h1-6,8-10H;1-4,6-7H;/q2*-1;. The van der Waals surface area contributed by atoms with E-state index in [0.29, 0.717) is 5.69 Å². The second kappa shape index (κ2) is 9.86. The first-order valence-electron chi connectivity index (χ1n) is 9.81. The van der Waals surface area contributed by atoms with Crippen LogP contribution in [-0.4, -0.2) is 14.8 Å². The topological polar surface area (TPSA) is 43.9 Å². The fourth-order valence-corrected chi connectivity index (χ4v) is 3.40. The number of para-hydroxylation sites is 1. The van der Waals surface area contributed by atoms with Crippen LogP contribution >= 0.6 is 0 Å². The maximum atomic E-state index is 13.2. The number of pyridine rings is 1. The van der Waals surface area contributed by atoms with Gasteiger partial charge in [0.25, 0.3) is 0 Å².